The lowest BCUT2D eigenvalue weighted by atomic mass is 10.1. The SMILES string of the molecule is COc1ccc(C(N)CSc2cnccn2)cc1F. The zero-order chi connectivity index (χ0) is 13.7. The van der Waals surface area contributed by atoms with Gasteiger partial charge in [-0.15, -0.1) is 11.8 Å². The molecule has 1 unspecified atom stereocenters. The minimum Gasteiger partial charge on any atom is -0.494 e. The Kier molecular flexibility index (Phi) is 4.70. The van der Waals surface area contributed by atoms with Crippen molar-refractivity contribution in [2.75, 3.05) is 12.9 Å². The summed E-state index contributed by atoms with van der Waals surface area (Å²) >= 11 is 1.49. The van der Waals surface area contributed by atoms with Gasteiger partial charge in [-0.3, -0.25) is 4.98 Å². The summed E-state index contributed by atoms with van der Waals surface area (Å²) in [6, 6.07) is 4.48. The van der Waals surface area contributed by atoms with Gasteiger partial charge in [0.2, 0.25) is 0 Å². The van der Waals surface area contributed by atoms with E-state index in [1.807, 2.05) is 0 Å². The molecule has 0 fully saturated rings. The second-order valence-electron chi connectivity index (χ2n) is 3.86. The molecule has 1 aromatic carbocycles. The average molecular weight is 279 g/mol. The Morgan fingerprint density at radius 2 is 2.26 bits per heavy atom. The molecule has 0 aliphatic heterocycles. The molecule has 1 aromatic heterocycles. The van der Waals surface area contributed by atoms with E-state index in [1.54, 1.807) is 30.7 Å². The van der Waals surface area contributed by atoms with Gasteiger partial charge in [-0.05, 0) is 17.7 Å². The van der Waals surface area contributed by atoms with Crippen molar-refractivity contribution in [2.45, 2.75) is 11.1 Å². The van der Waals surface area contributed by atoms with Crippen LogP contribution in [-0.2, 0) is 0 Å². The van der Waals surface area contributed by atoms with Gasteiger partial charge in [-0.25, -0.2) is 9.37 Å². The second kappa shape index (κ2) is 6.49. The van der Waals surface area contributed by atoms with Crippen LogP contribution in [0.2, 0.25) is 0 Å². The van der Waals surface area contributed by atoms with Crippen molar-refractivity contribution in [2.24, 2.45) is 5.73 Å². The largest absolute Gasteiger partial charge is 0.494 e. The van der Waals surface area contributed by atoms with Crippen LogP contribution in [-0.4, -0.2) is 22.8 Å². The maximum atomic E-state index is 13.6. The number of ether oxygens (including phenoxy) is 1. The molecule has 0 bridgehead atoms. The summed E-state index contributed by atoms with van der Waals surface area (Å²) < 4.78 is 18.4. The summed E-state index contributed by atoms with van der Waals surface area (Å²) in [4.78, 5) is 8.11. The molecule has 1 atom stereocenters. The number of nitrogens with zero attached hydrogens (tertiary/aromatic N) is 2. The lowest BCUT2D eigenvalue weighted by Crippen LogP contribution is -2.13. The molecule has 0 saturated carbocycles. The highest BCUT2D eigenvalue weighted by Gasteiger charge is 2.10. The molecule has 0 saturated heterocycles. The third-order valence-corrected chi connectivity index (χ3v) is 3.59. The van der Waals surface area contributed by atoms with Crippen LogP contribution in [0, 0.1) is 5.82 Å². The lowest BCUT2D eigenvalue weighted by Gasteiger charge is -2.12. The van der Waals surface area contributed by atoms with E-state index in [-0.39, 0.29) is 11.8 Å². The van der Waals surface area contributed by atoms with Gasteiger partial charge in [0.1, 0.15) is 5.03 Å². The molecule has 2 rings (SSSR count). The topological polar surface area (TPSA) is 61.0 Å². The molecule has 0 aliphatic carbocycles. The smallest absolute Gasteiger partial charge is 0.165 e. The maximum absolute atomic E-state index is 13.6. The van der Waals surface area contributed by atoms with Gasteiger partial charge in [0.25, 0.3) is 0 Å². The van der Waals surface area contributed by atoms with E-state index in [0.717, 1.165) is 10.6 Å². The molecule has 2 aromatic rings. The minimum atomic E-state index is -0.403. The van der Waals surface area contributed by atoms with Crippen molar-refractivity contribution in [1.29, 1.82) is 0 Å². The van der Waals surface area contributed by atoms with Crippen LogP contribution >= 0.6 is 11.8 Å². The third-order valence-electron chi connectivity index (χ3n) is 2.55. The number of benzene rings is 1. The molecule has 19 heavy (non-hydrogen) atoms. The van der Waals surface area contributed by atoms with E-state index in [1.165, 1.54) is 24.9 Å². The molecule has 0 aliphatic rings. The van der Waals surface area contributed by atoms with E-state index in [4.69, 9.17) is 10.5 Å². The fourth-order valence-electron chi connectivity index (χ4n) is 1.54. The Bertz CT molecular complexity index is 539. The number of aromatic nitrogens is 2. The molecule has 0 radical (unpaired) electrons. The third kappa shape index (κ3) is 3.65. The Morgan fingerprint density at radius 3 is 2.89 bits per heavy atom. The normalized spacial score (nSPS) is 12.2. The standard InChI is InChI=1S/C13H14FN3OS/c1-18-12-3-2-9(6-10(12)14)11(15)8-19-13-7-16-4-5-17-13/h2-7,11H,8,15H2,1H3. The van der Waals surface area contributed by atoms with Crippen LogP contribution in [0.25, 0.3) is 0 Å². The molecule has 0 amide bonds. The van der Waals surface area contributed by atoms with Gasteiger partial charge in [0.05, 0.1) is 13.3 Å². The number of methoxy groups -OCH3 is 1. The summed E-state index contributed by atoms with van der Waals surface area (Å²) in [6.45, 7) is 0. The van der Waals surface area contributed by atoms with E-state index in [2.05, 4.69) is 9.97 Å². The van der Waals surface area contributed by atoms with Crippen molar-refractivity contribution < 1.29 is 9.13 Å². The van der Waals surface area contributed by atoms with Crippen molar-refractivity contribution in [1.82, 2.24) is 9.97 Å². The highest BCUT2D eigenvalue weighted by Crippen LogP contribution is 2.24. The summed E-state index contributed by atoms with van der Waals surface area (Å²) in [5, 5.41) is 0.798. The van der Waals surface area contributed by atoms with Crippen molar-refractivity contribution in [3.63, 3.8) is 0 Å². The number of hydrogen-bond acceptors (Lipinski definition) is 5. The number of halogens is 1. The fourth-order valence-corrected chi connectivity index (χ4v) is 2.36. The van der Waals surface area contributed by atoms with Crippen LogP contribution in [0.15, 0.2) is 41.8 Å². The van der Waals surface area contributed by atoms with Crippen LogP contribution in [0.3, 0.4) is 0 Å². The summed E-state index contributed by atoms with van der Waals surface area (Å²) in [5.74, 6) is 0.419. The van der Waals surface area contributed by atoms with E-state index in [0.29, 0.717) is 5.75 Å². The zero-order valence-electron chi connectivity index (χ0n) is 10.4. The number of nitrogens with two attached hydrogens (primary N) is 1. The number of hydrogen-bond donors (Lipinski definition) is 1. The predicted molar refractivity (Wildman–Crippen MR) is 72.6 cm³/mol. The quantitative estimate of drug-likeness (QED) is 0.852. The first-order valence-corrected chi connectivity index (χ1v) is 6.67. The second-order valence-corrected chi connectivity index (χ2v) is 4.90. The van der Waals surface area contributed by atoms with Crippen molar-refractivity contribution in [3.05, 3.63) is 48.2 Å². The highest BCUT2D eigenvalue weighted by atomic mass is 32.2. The first-order chi connectivity index (χ1) is 9.20. The first kappa shape index (κ1) is 13.8. The van der Waals surface area contributed by atoms with Crippen LogP contribution in [0.1, 0.15) is 11.6 Å². The van der Waals surface area contributed by atoms with Crippen LogP contribution in [0.4, 0.5) is 4.39 Å². The first-order valence-electron chi connectivity index (χ1n) is 5.68. The van der Waals surface area contributed by atoms with E-state index >= 15 is 0 Å². The molecule has 6 heteroatoms. The van der Waals surface area contributed by atoms with Gasteiger partial charge in [0, 0.05) is 24.2 Å². The Morgan fingerprint density at radius 1 is 1.42 bits per heavy atom. The van der Waals surface area contributed by atoms with Gasteiger partial charge in [-0.1, -0.05) is 6.07 Å². The molecule has 1 heterocycles. The van der Waals surface area contributed by atoms with E-state index < -0.39 is 5.82 Å². The number of thioether (sulfide) groups is 1. The predicted octanol–water partition coefficient (Wildman–Crippen LogP) is 2.42. The van der Waals surface area contributed by atoms with Gasteiger partial charge in [-0.2, -0.15) is 0 Å². The molecule has 100 valence electrons. The van der Waals surface area contributed by atoms with Gasteiger partial charge < -0.3 is 10.5 Å². The Hall–Kier alpha value is -1.66. The van der Waals surface area contributed by atoms with Crippen molar-refractivity contribution in [3.8, 4) is 5.75 Å². The molecular formula is C13H14FN3OS. The molecule has 2 N–H and O–H groups in total. The summed E-state index contributed by atoms with van der Waals surface area (Å²) in [7, 11) is 1.43. The monoisotopic (exact) mass is 279 g/mol. The van der Waals surface area contributed by atoms with Gasteiger partial charge in [0.15, 0.2) is 11.6 Å². The molecule has 4 nitrogen and oxygen atoms in total. The maximum Gasteiger partial charge on any atom is 0.165 e. The Balaban J connectivity index is 2.00. The van der Waals surface area contributed by atoms with Crippen molar-refractivity contribution >= 4 is 11.8 Å². The molecule has 0 spiro atoms. The van der Waals surface area contributed by atoms with Gasteiger partial charge >= 0.3 is 0 Å². The highest BCUT2D eigenvalue weighted by molar-refractivity contribution is 7.99. The zero-order valence-corrected chi connectivity index (χ0v) is 11.2. The minimum absolute atomic E-state index is 0.220. The lowest BCUT2D eigenvalue weighted by molar-refractivity contribution is 0.386. The van der Waals surface area contributed by atoms with E-state index in [9.17, 15) is 4.39 Å². The summed E-state index contributed by atoms with van der Waals surface area (Å²) in [5.41, 5.74) is 6.76. The summed E-state index contributed by atoms with van der Waals surface area (Å²) in [6.07, 6.45) is 4.91. The number of rotatable bonds is 5. The van der Waals surface area contributed by atoms with Crippen LogP contribution < -0.4 is 10.5 Å². The fraction of sp³-hybridized carbons (Fsp3) is 0.231. The molecular weight excluding hydrogens is 265 g/mol. The van der Waals surface area contributed by atoms with Crippen LogP contribution in [0.5, 0.6) is 5.75 Å². The average Bonchev–Trinajstić information content (AvgIpc) is 2.45. The Labute approximate surface area is 115 Å².